The second kappa shape index (κ2) is 46.3. The molecular weight excluding hydrogens is 1910 g/mol. The Morgan fingerprint density at radius 1 is 0.511 bits per heavy atom. The number of anilines is 2. The molecule has 6 amide bonds. The third-order valence-corrected chi connectivity index (χ3v) is 30.6. The summed E-state index contributed by atoms with van der Waals surface area (Å²) in [4.78, 5) is 165. The van der Waals surface area contributed by atoms with E-state index < -0.39 is 146 Å². The highest BCUT2D eigenvalue weighted by atomic mass is 35.5. The molecule has 4 saturated carbocycles. The van der Waals surface area contributed by atoms with E-state index in [1.165, 1.54) is 68.9 Å². The number of hydrogen-bond acceptors (Lipinski definition) is 30. The number of hydrogen-bond donors (Lipinski definition) is 8. The molecule has 4 aromatic heterocycles. The first-order valence-corrected chi connectivity index (χ1v) is 52.0. The van der Waals surface area contributed by atoms with E-state index in [2.05, 4.69) is 49.8 Å². The summed E-state index contributed by atoms with van der Waals surface area (Å²) in [5, 5.41) is 20.5. The maximum Gasteiger partial charge on any atom is 0.408 e. The van der Waals surface area contributed by atoms with Gasteiger partial charge in [-0.3, -0.25) is 37.4 Å². The molecule has 8 N–H and O–H groups in total. The zero-order valence-corrected chi connectivity index (χ0v) is 84.8. The highest BCUT2D eigenvalue weighted by Gasteiger charge is 2.70. The van der Waals surface area contributed by atoms with Crippen LogP contribution in [0.15, 0.2) is 176 Å². The van der Waals surface area contributed by atoms with Crippen molar-refractivity contribution in [3.8, 4) is 45.8 Å². The zero-order chi connectivity index (χ0) is 101. The average molecular weight is 2040 g/mol. The number of alkyl carbamates (subject to hydrolysis) is 2. The second-order valence-electron chi connectivity index (χ2n) is 37.9. The molecule has 10 atom stereocenters. The number of pyridine rings is 2. The molecule has 0 radical (unpaired) electrons. The van der Waals surface area contributed by atoms with Crippen molar-refractivity contribution in [1.82, 2.24) is 51.0 Å². The quantitative estimate of drug-likeness (QED) is 0.00451. The molecule has 0 bridgehead atoms. The number of likely N-dealkylation sites (tertiary alicyclic amines) is 2. The topological polar surface area (TPSA) is 460 Å². The summed E-state index contributed by atoms with van der Waals surface area (Å²) in [6, 6.07) is 34.5. The lowest BCUT2D eigenvalue weighted by Crippen LogP contribution is -2.58. The lowest BCUT2D eigenvalue weighted by molar-refractivity contribution is -0.142. The summed E-state index contributed by atoms with van der Waals surface area (Å²) < 4.78 is 91.0. The number of carbonyl (C=O) groups is 9. The number of rotatable bonds is 36. The molecule has 6 fully saturated rings. The van der Waals surface area contributed by atoms with E-state index in [4.69, 9.17) is 78.5 Å². The first-order valence-electron chi connectivity index (χ1n) is 46.5. The fourth-order valence-corrected chi connectivity index (χ4v) is 22.3. The summed E-state index contributed by atoms with van der Waals surface area (Å²) in [7, 11) is -6.45. The summed E-state index contributed by atoms with van der Waals surface area (Å²) >= 11 is 8.08. The minimum Gasteiger partial charge on any atom is -0.497 e. The number of fused-ring (bicyclic) bond motifs is 2. The van der Waals surface area contributed by atoms with Gasteiger partial charge >= 0.3 is 45.3 Å². The lowest BCUT2D eigenvalue weighted by atomic mass is 9.85. The van der Waals surface area contributed by atoms with Gasteiger partial charge in [-0.2, -0.15) is 0 Å². The molecule has 2 aliphatic heterocycles. The van der Waals surface area contributed by atoms with Gasteiger partial charge in [-0.1, -0.05) is 120 Å². The average Bonchev–Trinajstić information content (AvgIpc) is 1.55. The fourth-order valence-electron chi connectivity index (χ4n) is 17.2. The smallest absolute Gasteiger partial charge is 0.408 e. The Balaban J connectivity index is 0.000000221. The predicted molar refractivity (Wildman–Crippen MR) is 532 cm³/mol. The Hall–Kier alpha value is -12.1. The van der Waals surface area contributed by atoms with E-state index in [-0.39, 0.29) is 86.2 Å². The molecule has 2 saturated heterocycles. The molecule has 4 unspecified atom stereocenters. The number of alkyl halides is 1. The highest BCUT2D eigenvalue weighted by molar-refractivity contribution is 7.56. The first kappa shape index (κ1) is 106. The number of methoxy groups -OCH3 is 2. The molecule has 15 rings (SSSR count). The van der Waals surface area contributed by atoms with Crippen LogP contribution in [0.4, 0.5) is 19.9 Å². The molecule has 6 heterocycles. The van der Waals surface area contributed by atoms with Crippen LogP contribution in [-0.4, -0.2) is 211 Å². The maximum atomic E-state index is 15.4. The number of amides is 6. The van der Waals surface area contributed by atoms with Crippen LogP contribution in [0.1, 0.15) is 177 Å². The Kier molecular flexibility index (Phi) is 34.9. The van der Waals surface area contributed by atoms with Crippen LogP contribution in [0.3, 0.4) is 0 Å². The summed E-state index contributed by atoms with van der Waals surface area (Å²) in [6.07, 6.45) is 5.83. The summed E-state index contributed by atoms with van der Waals surface area (Å²) in [5.74, 6) is -4.07. The van der Waals surface area contributed by atoms with Gasteiger partial charge < -0.3 is 94.1 Å². The van der Waals surface area contributed by atoms with Crippen molar-refractivity contribution in [2.24, 2.45) is 22.7 Å². The standard InChI is InChI=1S/C54H63N6O13PS.C38H51N6O9PS.C8H7ClO2/c1-8-36-28-54(36,74(66,70-31-68-49(63)34-17-11-9-12-18-34)71-32-69-50(64)35-19-13-10-14-20-35)59-47(61)44-26-39(29-60(44)48(62)46(53(4,5)6)58-52(65)73-37-21-15-16-22-37)72-45-27-42(43-30-75-51(57-43)55-33(2)3)56-41-25-38(67-7)23-24-40(41)45;1-8-22-18-38(22,54(48,49)50)43-33(45)30-16-25(19-44(30)34(46)32(37(4,5)6)42-36(47)53-23-11-9-10-12-23)52-31-17-28(29-20-55-35(41-29)39-21(2)3)40-27-15-24(51-7)13-14-26(27)31;9-6-11-8(10)7-4-2-1-3-5-7/h8-14,17-20,23-25,27,30,33,36-37,39,44,46H,1,15-16,21-22,26,28-29,31-32H2,2-7H3,(H,55,57)(H,58,65)(H,59,61);8,13-15,17,20-23,25,30,32H,1,9-12,16,18-19H2,2-7H3,(H,39,41)(H,42,47)(H,43,45)(H2,48,49,50);1-5H,6H2/t36?,39?,44-,46+,54-;22?,25?,30-,32+,38-;/m00./s1. The molecule has 41 heteroatoms. The molecule has 754 valence electrons. The lowest BCUT2D eigenvalue weighted by Gasteiger charge is -2.36. The largest absolute Gasteiger partial charge is 0.497 e. The van der Waals surface area contributed by atoms with Crippen molar-refractivity contribution >= 4 is 135 Å². The molecule has 9 aromatic rings. The van der Waals surface area contributed by atoms with Crippen LogP contribution in [-0.2, 0) is 61.0 Å². The number of aromatic nitrogens is 4. The van der Waals surface area contributed by atoms with Gasteiger partial charge in [0.15, 0.2) is 16.3 Å². The van der Waals surface area contributed by atoms with Crippen molar-refractivity contribution in [2.75, 3.05) is 57.6 Å². The molecular formula is C100H121ClN12O24P2S2. The molecule has 0 spiro atoms. The van der Waals surface area contributed by atoms with Gasteiger partial charge in [-0.05, 0) is 163 Å². The van der Waals surface area contributed by atoms with E-state index in [1.807, 2.05) is 56.7 Å². The highest BCUT2D eigenvalue weighted by Crippen LogP contribution is 2.73. The molecule has 36 nitrogen and oxygen atoms in total. The van der Waals surface area contributed by atoms with Gasteiger partial charge in [0, 0.05) is 82.6 Å². The first-order chi connectivity index (χ1) is 67.2. The molecule has 5 aromatic carbocycles. The predicted octanol–water partition coefficient (Wildman–Crippen LogP) is 17.3. The normalized spacial score (nSPS) is 20.5. The monoisotopic (exact) mass is 2030 g/mol. The number of benzene rings is 5. The number of ether oxygens (including phenoxy) is 9. The fraction of sp³-hybridized carbons (Fsp3) is 0.450. The number of nitrogens with one attached hydrogen (secondary N) is 6. The number of thiazole rings is 2. The third-order valence-electron chi connectivity index (χ3n) is 24.8. The third kappa shape index (κ3) is 26.4. The van der Waals surface area contributed by atoms with E-state index in [1.54, 1.807) is 153 Å². The van der Waals surface area contributed by atoms with Gasteiger partial charge in [-0.25, -0.2) is 43.9 Å². The van der Waals surface area contributed by atoms with E-state index in [0.29, 0.717) is 91.1 Å². The van der Waals surface area contributed by atoms with E-state index in [9.17, 15) is 47.9 Å². The number of halogens is 1. The van der Waals surface area contributed by atoms with Crippen molar-refractivity contribution in [3.63, 3.8) is 0 Å². The van der Waals surface area contributed by atoms with Crippen molar-refractivity contribution in [3.05, 3.63) is 192 Å². The van der Waals surface area contributed by atoms with Gasteiger partial charge in [-0.15, -0.1) is 35.8 Å². The molecule has 6 aliphatic rings. The number of carbonyl (C=O) groups excluding carboxylic acids is 9. The zero-order valence-electron chi connectivity index (χ0n) is 80.6. The Morgan fingerprint density at radius 3 is 1.22 bits per heavy atom. The van der Waals surface area contributed by atoms with Crippen molar-refractivity contribution < 1.29 is 114 Å². The van der Waals surface area contributed by atoms with Gasteiger partial charge in [0.2, 0.25) is 37.2 Å². The van der Waals surface area contributed by atoms with Crippen molar-refractivity contribution in [2.45, 2.75) is 218 Å². The molecule has 141 heavy (non-hydrogen) atoms. The summed E-state index contributed by atoms with van der Waals surface area (Å²) in [6.45, 7) is 24.5. The van der Waals surface area contributed by atoms with Crippen LogP contribution in [0, 0.1) is 22.7 Å². The molecule has 4 aliphatic carbocycles. The van der Waals surface area contributed by atoms with Crippen molar-refractivity contribution in [1.29, 1.82) is 0 Å². The Labute approximate surface area is 830 Å². The van der Waals surface area contributed by atoms with Crippen LogP contribution in [0.5, 0.6) is 23.0 Å². The van der Waals surface area contributed by atoms with Gasteiger partial charge in [0.25, 0.3) is 0 Å². The minimum absolute atomic E-state index is 0.00650. The van der Waals surface area contributed by atoms with E-state index >= 15 is 14.2 Å². The van der Waals surface area contributed by atoms with Crippen LogP contribution in [0.2, 0.25) is 0 Å². The maximum absolute atomic E-state index is 15.4. The second-order valence-corrected chi connectivity index (χ2v) is 44.0. The van der Waals surface area contributed by atoms with Crippen LogP contribution >= 0.6 is 49.5 Å². The van der Waals surface area contributed by atoms with Crippen LogP contribution < -0.4 is 50.8 Å². The van der Waals surface area contributed by atoms with E-state index in [0.717, 1.165) is 43.7 Å². The minimum atomic E-state index is -4.83. The van der Waals surface area contributed by atoms with Gasteiger partial charge in [0.05, 0.1) is 66.4 Å². The van der Waals surface area contributed by atoms with Crippen LogP contribution in [0.25, 0.3) is 44.6 Å². The van der Waals surface area contributed by atoms with Gasteiger partial charge in [0.1, 0.15) is 93.5 Å². The Bertz CT molecular complexity index is 6030. The summed E-state index contributed by atoms with van der Waals surface area (Å²) in [5.41, 5.74) is 2.56. The number of nitrogens with zero attached hydrogens (tertiary/aromatic N) is 6. The Morgan fingerprint density at radius 2 is 0.879 bits per heavy atom. The number of esters is 3. The SMILES string of the molecule is C=CC1C[C@]1(NC(=O)[C@@H]1CC(Oc2cc(-c3csc(NC(C)C)n3)nc3cc(OC)ccc23)CN1C(=O)[C@@H](NC(=O)OC1CCCC1)C(C)(C)C)P(=O)(O)O.C=CC1C[C@]1(NC(=O)[C@@H]1CC(Oc2cc(-c3csc(NC(C)C)n3)nc3cc(OC)ccc23)CN1C(=O)[C@@H](NC(=O)OC1CCCC1)C(C)(C)C)P(=O)(OCOC(=O)c1ccccc1)OCOC(=O)c1ccccc1.O=C(OCCl)c1ccccc1.